The van der Waals surface area contributed by atoms with Gasteiger partial charge in [0.05, 0.1) is 16.7 Å². The molecule has 4 nitrogen and oxygen atoms in total. The van der Waals surface area contributed by atoms with Gasteiger partial charge < -0.3 is 0 Å². The highest BCUT2D eigenvalue weighted by Gasteiger charge is 2.10. The summed E-state index contributed by atoms with van der Waals surface area (Å²) in [6.07, 6.45) is 7.50. The summed E-state index contributed by atoms with van der Waals surface area (Å²) < 4.78 is 2.05. The van der Waals surface area contributed by atoms with E-state index >= 15 is 0 Å². The second kappa shape index (κ2) is 8.42. The number of imidazole rings is 1. The Labute approximate surface area is 158 Å². The van der Waals surface area contributed by atoms with Crippen LogP contribution < -0.4 is 0 Å². The molecule has 0 aliphatic heterocycles. The maximum Gasteiger partial charge on any atom is 0.139 e. The van der Waals surface area contributed by atoms with E-state index in [9.17, 15) is 0 Å². The maximum absolute atomic E-state index is 4.71. The third-order valence-electron chi connectivity index (χ3n) is 3.56. The summed E-state index contributed by atoms with van der Waals surface area (Å²) >= 11 is 0. The summed E-state index contributed by atoms with van der Waals surface area (Å²) in [5.41, 5.74) is 2.87. The van der Waals surface area contributed by atoms with Crippen molar-refractivity contribution in [3.8, 4) is 5.82 Å². The quantitative estimate of drug-likeness (QED) is 0.518. The zero-order valence-corrected chi connectivity index (χ0v) is 14.8. The van der Waals surface area contributed by atoms with Gasteiger partial charge >= 0.3 is 0 Å². The molecule has 1 aromatic carbocycles. The lowest BCUT2D eigenvalue weighted by molar-refractivity contribution is 1.00. The molecule has 0 atom stereocenters. The smallest absolute Gasteiger partial charge is 0.139 e. The van der Waals surface area contributed by atoms with Gasteiger partial charge in [-0.15, -0.1) is 24.8 Å². The van der Waals surface area contributed by atoms with Gasteiger partial charge in [-0.2, -0.15) is 0 Å². The van der Waals surface area contributed by atoms with Crippen LogP contribution in [0.3, 0.4) is 0 Å². The van der Waals surface area contributed by atoms with Gasteiger partial charge in [-0.1, -0.05) is 24.3 Å². The number of hydrogen-bond donors (Lipinski definition) is 0. The lowest BCUT2D eigenvalue weighted by Gasteiger charge is -2.05. The molecule has 0 N–H and O–H groups in total. The van der Waals surface area contributed by atoms with Crippen LogP contribution in [0.15, 0.2) is 73.1 Å². The minimum absolute atomic E-state index is 0. The molecule has 0 unspecified atom stereocenters. The van der Waals surface area contributed by atoms with E-state index < -0.39 is 0 Å². The van der Waals surface area contributed by atoms with Crippen LogP contribution in [0.4, 0.5) is 0 Å². The molecule has 0 radical (unpaired) electrons. The molecule has 4 aromatic rings. The average molecular weight is 371 g/mol. The number of rotatable bonds is 3. The molecular weight excluding hydrogens is 355 g/mol. The Morgan fingerprint density at radius 1 is 0.720 bits per heavy atom. The molecule has 0 saturated carbocycles. The molecular formula is C19H16Cl2N4. The van der Waals surface area contributed by atoms with Gasteiger partial charge in [0.25, 0.3) is 0 Å². The second-order valence-corrected chi connectivity index (χ2v) is 5.07. The Balaban J connectivity index is 0.00000113. The van der Waals surface area contributed by atoms with E-state index in [1.807, 2.05) is 66.7 Å². The fourth-order valence-corrected chi connectivity index (χ4v) is 2.52. The number of nitrogens with zero attached hydrogens (tertiary/aromatic N) is 4. The maximum atomic E-state index is 4.71. The highest BCUT2D eigenvalue weighted by atomic mass is 35.5. The Hall–Kier alpha value is -2.69. The molecule has 0 aliphatic rings. The Bertz CT molecular complexity index is 967. The van der Waals surface area contributed by atoms with Crippen molar-refractivity contribution in [2.24, 2.45) is 0 Å². The van der Waals surface area contributed by atoms with Crippen molar-refractivity contribution in [2.45, 2.75) is 0 Å². The third kappa shape index (κ3) is 3.87. The van der Waals surface area contributed by atoms with Crippen LogP contribution in [0, 0.1) is 0 Å². The molecule has 3 aromatic heterocycles. The van der Waals surface area contributed by atoms with Gasteiger partial charge in [-0.25, -0.2) is 9.97 Å². The standard InChI is InChI=1S/C19H14N4.2ClH/c1-2-9-17-16(8-1)22-19(12-11-15-7-3-5-13-20-15)23(17)18-10-4-6-14-21-18;;/h1-14H;2*1H/b12-11+;;. The van der Waals surface area contributed by atoms with Crippen LogP contribution in [0.5, 0.6) is 0 Å². The Morgan fingerprint density at radius 3 is 2.16 bits per heavy atom. The van der Waals surface area contributed by atoms with Gasteiger partial charge in [-0.05, 0) is 48.6 Å². The van der Waals surface area contributed by atoms with Crippen LogP contribution in [-0.4, -0.2) is 19.5 Å². The van der Waals surface area contributed by atoms with Crippen molar-refractivity contribution in [3.63, 3.8) is 0 Å². The van der Waals surface area contributed by atoms with E-state index in [1.165, 1.54) is 0 Å². The van der Waals surface area contributed by atoms with Crippen LogP contribution in [0.2, 0.25) is 0 Å². The van der Waals surface area contributed by atoms with Crippen molar-refractivity contribution in [3.05, 3.63) is 84.6 Å². The number of para-hydroxylation sites is 2. The molecule has 0 bridgehead atoms. The second-order valence-electron chi connectivity index (χ2n) is 5.07. The number of aromatic nitrogens is 4. The fourth-order valence-electron chi connectivity index (χ4n) is 2.52. The van der Waals surface area contributed by atoms with Gasteiger partial charge in [0.1, 0.15) is 11.6 Å². The van der Waals surface area contributed by atoms with Crippen LogP contribution in [0.25, 0.3) is 29.0 Å². The van der Waals surface area contributed by atoms with Crippen molar-refractivity contribution in [2.75, 3.05) is 0 Å². The molecule has 0 fully saturated rings. The number of benzene rings is 1. The van der Waals surface area contributed by atoms with E-state index in [2.05, 4.69) is 20.6 Å². The highest BCUT2D eigenvalue weighted by molar-refractivity contribution is 5.85. The zero-order valence-electron chi connectivity index (χ0n) is 13.2. The fraction of sp³-hybridized carbons (Fsp3) is 0. The molecule has 0 saturated heterocycles. The predicted molar refractivity (Wildman–Crippen MR) is 107 cm³/mol. The number of halogens is 2. The molecule has 0 aliphatic carbocycles. The third-order valence-corrected chi connectivity index (χ3v) is 3.56. The van der Waals surface area contributed by atoms with Crippen molar-refractivity contribution in [1.29, 1.82) is 0 Å². The highest BCUT2D eigenvalue weighted by Crippen LogP contribution is 2.21. The summed E-state index contributed by atoms with van der Waals surface area (Å²) in [7, 11) is 0. The normalized spacial score (nSPS) is 10.4. The Morgan fingerprint density at radius 2 is 1.44 bits per heavy atom. The first-order valence-electron chi connectivity index (χ1n) is 7.40. The summed E-state index contributed by atoms with van der Waals surface area (Å²) in [6, 6.07) is 19.8. The average Bonchev–Trinajstić information content (AvgIpc) is 3.00. The number of pyridine rings is 2. The van der Waals surface area contributed by atoms with Crippen LogP contribution in [-0.2, 0) is 0 Å². The van der Waals surface area contributed by atoms with Crippen molar-refractivity contribution < 1.29 is 0 Å². The monoisotopic (exact) mass is 370 g/mol. The number of hydrogen-bond acceptors (Lipinski definition) is 3. The molecule has 0 amide bonds. The van der Waals surface area contributed by atoms with E-state index in [-0.39, 0.29) is 24.8 Å². The first kappa shape index (κ1) is 18.6. The molecule has 25 heavy (non-hydrogen) atoms. The van der Waals surface area contributed by atoms with Crippen LogP contribution >= 0.6 is 24.8 Å². The lowest BCUT2D eigenvalue weighted by atomic mass is 10.3. The summed E-state index contributed by atoms with van der Waals surface area (Å²) in [5, 5.41) is 0. The molecule has 6 heteroatoms. The van der Waals surface area contributed by atoms with Crippen molar-refractivity contribution >= 4 is 48.0 Å². The van der Waals surface area contributed by atoms with Crippen molar-refractivity contribution in [1.82, 2.24) is 19.5 Å². The molecule has 4 rings (SSSR count). The van der Waals surface area contributed by atoms with Gasteiger partial charge in [-0.3, -0.25) is 9.55 Å². The van der Waals surface area contributed by atoms with Gasteiger partial charge in [0, 0.05) is 12.4 Å². The van der Waals surface area contributed by atoms with Gasteiger partial charge in [0.15, 0.2) is 0 Å². The van der Waals surface area contributed by atoms with Gasteiger partial charge in [0.2, 0.25) is 0 Å². The van der Waals surface area contributed by atoms with E-state index in [0.29, 0.717) is 0 Å². The van der Waals surface area contributed by atoms with E-state index in [0.717, 1.165) is 28.4 Å². The van der Waals surface area contributed by atoms with Crippen LogP contribution in [0.1, 0.15) is 11.5 Å². The molecule has 0 spiro atoms. The minimum atomic E-state index is 0. The van der Waals surface area contributed by atoms with E-state index in [1.54, 1.807) is 12.4 Å². The predicted octanol–water partition coefficient (Wildman–Crippen LogP) is 4.83. The van der Waals surface area contributed by atoms with E-state index in [4.69, 9.17) is 4.98 Å². The minimum Gasteiger partial charge on any atom is -0.277 e. The first-order valence-corrected chi connectivity index (χ1v) is 7.40. The lowest BCUT2D eigenvalue weighted by Crippen LogP contribution is -1.99. The topological polar surface area (TPSA) is 43.6 Å². The Kier molecular flexibility index (Phi) is 6.28. The largest absolute Gasteiger partial charge is 0.277 e. The molecule has 126 valence electrons. The molecule has 3 heterocycles. The number of fused-ring (bicyclic) bond motifs is 1. The summed E-state index contributed by atoms with van der Waals surface area (Å²) in [5.74, 6) is 1.68. The zero-order chi connectivity index (χ0) is 15.5. The SMILES string of the molecule is C(=C\c1nc2ccccc2n1-c1ccccn1)/c1ccccn1.Cl.Cl. The summed E-state index contributed by atoms with van der Waals surface area (Å²) in [4.78, 5) is 13.5. The summed E-state index contributed by atoms with van der Waals surface area (Å²) in [6.45, 7) is 0. The first-order chi connectivity index (χ1) is 11.4.